The molecule has 0 fully saturated rings. The number of hydrogen-bond donors (Lipinski definition) is 0. The van der Waals surface area contributed by atoms with Crippen molar-refractivity contribution in [3.63, 3.8) is 0 Å². The van der Waals surface area contributed by atoms with Crippen LogP contribution in [0.2, 0.25) is 0 Å². The molecular formula is C11H8F2N2O. The lowest BCUT2D eigenvalue weighted by Gasteiger charge is -2.05. The van der Waals surface area contributed by atoms with Crippen molar-refractivity contribution in [2.45, 2.75) is 6.54 Å². The Morgan fingerprint density at radius 2 is 2.19 bits per heavy atom. The molecule has 0 radical (unpaired) electrons. The van der Waals surface area contributed by atoms with Crippen LogP contribution in [0.4, 0.5) is 8.78 Å². The molecule has 0 aliphatic rings. The monoisotopic (exact) mass is 222 g/mol. The molecular weight excluding hydrogens is 214 g/mol. The van der Waals surface area contributed by atoms with Crippen LogP contribution in [0.25, 0.3) is 0 Å². The molecule has 0 saturated carbocycles. The largest absolute Gasteiger partial charge is 0.324 e. The van der Waals surface area contributed by atoms with Gasteiger partial charge < -0.3 is 4.57 Å². The molecule has 0 unspecified atom stereocenters. The molecule has 0 N–H and O–H groups in total. The molecule has 0 saturated heterocycles. The highest BCUT2D eigenvalue weighted by atomic mass is 19.1. The van der Waals surface area contributed by atoms with Gasteiger partial charge in [0.05, 0.1) is 19.1 Å². The third-order valence-electron chi connectivity index (χ3n) is 2.21. The Labute approximate surface area is 90.3 Å². The Kier molecular flexibility index (Phi) is 2.76. The number of halogens is 2. The van der Waals surface area contributed by atoms with Gasteiger partial charge >= 0.3 is 0 Å². The van der Waals surface area contributed by atoms with E-state index in [1.54, 1.807) is 0 Å². The van der Waals surface area contributed by atoms with E-state index in [0.29, 0.717) is 12.0 Å². The molecule has 0 amide bonds. The molecule has 82 valence electrons. The Hall–Kier alpha value is -2.04. The molecule has 0 spiro atoms. The van der Waals surface area contributed by atoms with Crippen molar-refractivity contribution < 1.29 is 13.6 Å². The average molecular weight is 222 g/mol. The number of aldehydes is 1. The maximum atomic E-state index is 13.3. The van der Waals surface area contributed by atoms with Crippen LogP contribution in [-0.2, 0) is 6.54 Å². The maximum absolute atomic E-state index is 13.3. The molecule has 1 heterocycles. The summed E-state index contributed by atoms with van der Waals surface area (Å²) in [4.78, 5) is 14.4. The fourth-order valence-corrected chi connectivity index (χ4v) is 1.41. The topological polar surface area (TPSA) is 34.9 Å². The number of carbonyl (C=O) groups excluding carboxylic acids is 1. The SMILES string of the molecule is O=Cc1cncn1Cc1cc(F)ccc1F. The Bertz CT molecular complexity index is 522. The second-order valence-corrected chi connectivity index (χ2v) is 3.30. The van der Waals surface area contributed by atoms with Gasteiger partial charge in [0, 0.05) is 5.56 Å². The van der Waals surface area contributed by atoms with E-state index in [0.717, 1.165) is 18.2 Å². The molecule has 0 aliphatic carbocycles. The van der Waals surface area contributed by atoms with Crippen molar-refractivity contribution in [1.29, 1.82) is 0 Å². The molecule has 0 aliphatic heterocycles. The van der Waals surface area contributed by atoms with Gasteiger partial charge in [0.1, 0.15) is 17.3 Å². The first-order chi connectivity index (χ1) is 7.70. The highest BCUT2D eigenvalue weighted by molar-refractivity contribution is 5.71. The molecule has 2 rings (SSSR count). The summed E-state index contributed by atoms with van der Waals surface area (Å²) >= 11 is 0. The highest BCUT2D eigenvalue weighted by Crippen LogP contribution is 2.12. The molecule has 0 bridgehead atoms. The molecule has 2 aromatic rings. The Morgan fingerprint density at radius 1 is 1.38 bits per heavy atom. The van der Waals surface area contributed by atoms with Crippen LogP contribution < -0.4 is 0 Å². The lowest BCUT2D eigenvalue weighted by molar-refractivity contribution is 0.111. The van der Waals surface area contributed by atoms with E-state index >= 15 is 0 Å². The van der Waals surface area contributed by atoms with E-state index in [9.17, 15) is 13.6 Å². The van der Waals surface area contributed by atoms with Crippen LogP contribution in [0.3, 0.4) is 0 Å². The van der Waals surface area contributed by atoms with Gasteiger partial charge in [-0.3, -0.25) is 4.79 Å². The fraction of sp³-hybridized carbons (Fsp3) is 0.0909. The molecule has 0 atom stereocenters. The second kappa shape index (κ2) is 4.22. The predicted molar refractivity (Wildman–Crippen MR) is 53.1 cm³/mol. The first kappa shape index (κ1) is 10.5. The van der Waals surface area contributed by atoms with Crippen molar-refractivity contribution in [2.24, 2.45) is 0 Å². The second-order valence-electron chi connectivity index (χ2n) is 3.30. The van der Waals surface area contributed by atoms with Crippen molar-refractivity contribution in [3.05, 3.63) is 53.6 Å². The van der Waals surface area contributed by atoms with Crippen molar-refractivity contribution in [1.82, 2.24) is 9.55 Å². The van der Waals surface area contributed by atoms with Gasteiger partial charge in [-0.05, 0) is 18.2 Å². The minimum Gasteiger partial charge on any atom is -0.324 e. The van der Waals surface area contributed by atoms with Crippen molar-refractivity contribution >= 4 is 6.29 Å². The minimum atomic E-state index is -0.510. The zero-order chi connectivity index (χ0) is 11.5. The summed E-state index contributed by atoms with van der Waals surface area (Å²) < 4.78 is 27.7. The van der Waals surface area contributed by atoms with Crippen LogP contribution in [0, 0.1) is 11.6 Å². The number of aromatic nitrogens is 2. The summed E-state index contributed by atoms with van der Waals surface area (Å²) in [6.45, 7) is 0.0810. The van der Waals surface area contributed by atoms with Gasteiger partial charge in [-0.15, -0.1) is 0 Å². The van der Waals surface area contributed by atoms with Gasteiger partial charge in [0.15, 0.2) is 6.29 Å². The van der Waals surface area contributed by atoms with Gasteiger partial charge in [-0.25, -0.2) is 13.8 Å². The summed E-state index contributed by atoms with van der Waals surface area (Å²) in [5, 5.41) is 0. The Balaban J connectivity index is 2.33. The number of hydrogen-bond acceptors (Lipinski definition) is 2. The van der Waals surface area contributed by atoms with Gasteiger partial charge in [0.25, 0.3) is 0 Å². The first-order valence-corrected chi connectivity index (χ1v) is 4.60. The number of benzene rings is 1. The van der Waals surface area contributed by atoms with E-state index < -0.39 is 11.6 Å². The molecule has 16 heavy (non-hydrogen) atoms. The number of imidazole rings is 1. The van der Waals surface area contributed by atoms with Crippen LogP contribution in [0.15, 0.2) is 30.7 Å². The van der Waals surface area contributed by atoms with E-state index in [1.807, 2.05) is 0 Å². The van der Waals surface area contributed by atoms with Crippen LogP contribution in [0.1, 0.15) is 16.1 Å². The molecule has 1 aromatic carbocycles. The number of rotatable bonds is 3. The smallest absolute Gasteiger partial charge is 0.168 e. The lowest BCUT2D eigenvalue weighted by atomic mass is 10.2. The van der Waals surface area contributed by atoms with Crippen LogP contribution in [-0.4, -0.2) is 15.8 Å². The lowest BCUT2D eigenvalue weighted by Crippen LogP contribution is -2.04. The number of nitrogens with zero attached hydrogens (tertiary/aromatic N) is 2. The van der Waals surface area contributed by atoms with Gasteiger partial charge in [0.2, 0.25) is 0 Å². The van der Waals surface area contributed by atoms with E-state index in [-0.39, 0.29) is 12.1 Å². The quantitative estimate of drug-likeness (QED) is 0.744. The van der Waals surface area contributed by atoms with E-state index in [4.69, 9.17) is 0 Å². The summed E-state index contributed by atoms with van der Waals surface area (Å²) in [7, 11) is 0. The predicted octanol–water partition coefficient (Wildman–Crippen LogP) is 2.02. The third kappa shape index (κ3) is 1.98. The Morgan fingerprint density at radius 3 is 2.94 bits per heavy atom. The zero-order valence-electron chi connectivity index (χ0n) is 8.23. The van der Waals surface area contributed by atoms with Crippen molar-refractivity contribution in [3.8, 4) is 0 Å². The average Bonchev–Trinajstić information content (AvgIpc) is 2.71. The molecule has 1 aromatic heterocycles. The maximum Gasteiger partial charge on any atom is 0.168 e. The zero-order valence-corrected chi connectivity index (χ0v) is 8.23. The van der Waals surface area contributed by atoms with Gasteiger partial charge in [-0.1, -0.05) is 0 Å². The normalized spacial score (nSPS) is 10.4. The summed E-state index contributed by atoms with van der Waals surface area (Å²) in [5.41, 5.74) is 0.504. The van der Waals surface area contributed by atoms with Crippen LogP contribution in [0.5, 0.6) is 0 Å². The standard InChI is InChI=1S/C11H8F2N2O/c12-9-1-2-11(13)8(3-9)5-15-7-14-4-10(15)6-16/h1-4,6-7H,5H2. The van der Waals surface area contributed by atoms with E-state index in [2.05, 4.69) is 4.98 Å². The third-order valence-corrected chi connectivity index (χ3v) is 2.21. The molecule has 5 heteroatoms. The minimum absolute atomic E-state index is 0.0810. The van der Waals surface area contributed by atoms with Crippen LogP contribution >= 0.6 is 0 Å². The number of carbonyl (C=O) groups is 1. The summed E-state index contributed by atoms with van der Waals surface area (Å²) in [5.74, 6) is -1.02. The summed E-state index contributed by atoms with van der Waals surface area (Å²) in [6, 6.07) is 3.21. The van der Waals surface area contributed by atoms with Crippen molar-refractivity contribution in [2.75, 3.05) is 0 Å². The van der Waals surface area contributed by atoms with E-state index in [1.165, 1.54) is 17.1 Å². The first-order valence-electron chi connectivity index (χ1n) is 4.60. The van der Waals surface area contributed by atoms with Gasteiger partial charge in [-0.2, -0.15) is 0 Å². The fourth-order valence-electron chi connectivity index (χ4n) is 1.41. The highest BCUT2D eigenvalue weighted by Gasteiger charge is 2.07. The molecule has 3 nitrogen and oxygen atoms in total. The summed E-state index contributed by atoms with van der Waals surface area (Å²) in [6.07, 6.45) is 3.38.